The Morgan fingerprint density at radius 3 is 3.00 bits per heavy atom. The largest absolute Gasteiger partial charge is 0.478 e. The molecule has 4 nitrogen and oxygen atoms in total. The van der Waals surface area contributed by atoms with Crippen molar-refractivity contribution in [2.75, 3.05) is 11.9 Å². The standard InChI is InChI=1S/C13H13FN2O2S/c1-8(12-15-4-5-19-12)7-16-11-3-2-9(14)6-10(11)13(17)18/h2-6,8,16H,7H2,1H3,(H,17,18). The summed E-state index contributed by atoms with van der Waals surface area (Å²) in [5, 5.41) is 14.9. The van der Waals surface area contributed by atoms with Crippen LogP contribution in [0.5, 0.6) is 0 Å². The van der Waals surface area contributed by atoms with Crippen LogP contribution in [0, 0.1) is 5.82 Å². The number of anilines is 1. The molecular weight excluding hydrogens is 267 g/mol. The van der Waals surface area contributed by atoms with Crippen LogP contribution < -0.4 is 5.32 Å². The molecule has 0 amide bonds. The van der Waals surface area contributed by atoms with Crippen molar-refractivity contribution in [2.24, 2.45) is 0 Å². The first kappa shape index (κ1) is 13.5. The van der Waals surface area contributed by atoms with Crippen molar-refractivity contribution >= 4 is 23.0 Å². The van der Waals surface area contributed by atoms with Gasteiger partial charge in [-0.3, -0.25) is 0 Å². The van der Waals surface area contributed by atoms with Crippen molar-refractivity contribution in [3.05, 3.63) is 46.2 Å². The molecule has 0 aliphatic heterocycles. The maximum Gasteiger partial charge on any atom is 0.337 e. The van der Waals surface area contributed by atoms with E-state index in [0.29, 0.717) is 12.2 Å². The molecule has 0 saturated carbocycles. The van der Waals surface area contributed by atoms with Crippen molar-refractivity contribution in [3.63, 3.8) is 0 Å². The summed E-state index contributed by atoms with van der Waals surface area (Å²) < 4.78 is 13.0. The highest BCUT2D eigenvalue weighted by atomic mass is 32.1. The molecule has 0 radical (unpaired) electrons. The van der Waals surface area contributed by atoms with Gasteiger partial charge in [-0.25, -0.2) is 14.2 Å². The molecule has 0 aliphatic rings. The fourth-order valence-corrected chi connectivity index (χ4v) is 2.37. The van der Waals surface area contributed by atoms with Crippen molar-refractivity contribution < 1.29 is 14.3 Å². The monoisotopic (exact) mass is 280 g/mol. The number of carboxylic acids is 1. The molecule has 0 spiro atoms. The molecule has 0 aliphatic carbocycles. The number of hydrogen-bond acceptors (Lipinski definition) is 4. The lowest BCUT2D eigenvalue weighted by atomic mass is 10.1. The molecule has 1 aromatic carbocycles. The van der Waals surface area contributed by atoms with Crippen LogP contribution in [0.2, 0.25) is 0 Å². The van der Waals surface area contributed by atoms with Crippen molar-refractivity contribution in [3.8, 4) is 0 Å². The third-order valence-electron chi connectivity index (χ3n) is 2.68. The number of nitrogens with zero attached hydrogens (tertiary/aromatic N) is 1. The minimum Gasteiger partial charge on any atom is -0.478 e. The number of nitrogens with one attached hydrogen (secondary N) is 1. The first-order valence-corrected chi connectivity index (χ1v) is 6.62. The molecule has 2 rings (SSSR count). The van der Waals surface area contributed by atoms with Crippen LogP contribution in [0.25, 0.3) is 0 Å². The van der Waals surface area contributed by atoms with Crippen LogP contribution >= 0.6 is 11.3 Å². The smallest absolute Gasteiger partial charge is 0.337 e. The molecular formula is C13H13FN2O2S. The highest BCUT2D eigenvalue weighted by Gasteiger charge is 2.13. The third-order valence-corrected chi connectivity index (χ3v) is 3.69. The number of aromatic nitrogens is 1. The topological polar surface area (TPSA) is 62.2 Å². The Labute approximate surface area is 113 Å². The highest BCUT2D eigenvalue weighted by Crippen LogP contribution is 2.21. The van der Waals surface area contributed by atoms with Gasteiger partial charge in [-0.05, 0) is 18.2 Å². The normalized spacial score (nSPS) is 12.1. The number of halogens is 1. The van der Waals surface area contributed by atoms with E-state index in [2.05, 4.69) is 10.3 Å². The summed E-state index contributed by atoms with van der Waals surface area (Å²) in [5.41, 5.74) is 0.351. The van der Waals surface area contributed by atoms with E-state index in [1.54, 1.807) is 17.5 Å². The highest BCUT2D eigenvalue weighted by molar-refractivity contribution is 7.09. The summed E-state index contributed by atoms with van der Waals surface area (Å²) in [6, 6.07) is 3.69. The van der Waals surface area contributed by atoms with Crippen LogP contribution in [-0.2, 0) is 0 Å². The van der Waals surface area contributed by atoms with E-state index in [-0.39, 0.29) is 11.5 Å². The van der Waals surface area contributed by atoms with E-state index < -0.39 is 11.8 Å². The van der Waals surface area contributed by atoms with Crippen LogP contribution in [0.3, 0.4) is 0 Å². The van der Waals surface area contributed by atoms with Crippen LogP contribution in [-0.4, -0.2) is 22.6 Å². The third kappa shape index (κ3) is 3.29. The number of thiazole rings is 1. The van der Waals surface area contributed by atoms with Gasteiger partial charge in [0.1, 0.15) is 5.82 Å². The molecule has 100 valence electrons. The molecule has 2 N–H and O–H groups in total. The van der Waals surface area contributed by atoms with Gasteiger partial charge in [0.2, 0.25) is 0 Å². The fourth-order valence-electron chi connectivity index (χ4n) is 1.68. The first-order valence-electron chi connectivity index (χ1n) is 5.74. The van der Waals surface area contributed by atoms with Crippen molar-refractivity contribution in [1.82, 2.24) is 4.98 Å². The molecule has 1 heterocycles. The Balaban J connectivity index is 2.09. The Kier molecular flexibility index (Phi) is 4.11. The van der Waals surface area contributed by atoms with Gasteiger partial charge in [0, 0.05) is 29.7 Å². The summed E-state index contributed by atoms with van der Waals surface area (Å²) in [6.07, 6.45) is 1.73. The van der Waals surface area contributed by atoms with E-state index in [4.69, 9.17) is 5.11 Å². The van der Waals surface area contributed by atoms with Gasteiger partial charge in [0.05, 0.1) is 10.6 Å². The van der Waals surface area contributed by atoms with Crippen LogP contribution in [0.15, 0.2) is 29.8 Å². The average molecular weight is 280 g/mol. The number of carboxylic acid groups (broad SMARTS) is 1. The Hall–Kier alpha value is -1.95. The lowest BCUT2D eigenvalue weighted by Crippen LogP contribution is -2.12. The predicted octanol–water partition coefficient (Wildman–Crippen LogP) is 3.20. The molecule has 19 heavy (non-hydrogen) atoms. The van der Waals surface area contributed by atoms with Gasteiger partial charge in [0.15, 0.2) is 0 Å². The van der Waals surface area contributed by atoms with Gasteiger partial charge in [-0.15, -0.1) is 11.3 Å². The average Bonchev–Trinajstić information content (AvgIpc) is 2.90. The molecule has 6 heteroatoms. The fraction of sp³-hybridized carbons (Fsp3) is 0.231. The number of rotatable bonds is 5. The Morgan fingerprint density at radius 1 is 1.58 bits per heavy atom. The summed E-state index contributed by atoms with van der Waals surface area (Å²) in [4.78, 5) is 15.2. The molecule has 0 saturated heterocycles. The lowest BCUT2D eigenvalue weighted by Gasteiger charge is -2.13. The van der Waals surface area contributed by atoms with Gasteiger partial charge < -0.3 is 10.4 Å². The number of benzene rings is 1. The van der Waals surface area contributed by atoms with Gasteiger partial charge >= 0.3 is 5.97 Å². The second-order valence-corrected chi connectivity index (χ2v) is 5.07. The SMILES string of the molecule is CC(CNc1ccc(F)cc1C(=O)O)c1nccs1. The van der Waals surface area contributed by atoms with E-state index in [1.807, 2.05) is 12.3 Å². The first-order chi connectivity index (χ1) is 9.08. The van der Waals surface area contributed by atoms with E-state index in [9.17, 15) is 9.18 Å². The van der Waals surface area contributed by atoms with Crippen molar-refractivity contribution in [1.29, 1.82) is 0 Å². The zero-order chi connectivity index (χ0) is 13.8. The van der Waals surface area contributed by atoms with Crippen LogP contribution in [0.1, 0.15) is 28.2 Å². The van der Waals surface area contributed by atoms with Crippen molar-refractivity contribution in [2.45, 2.75) is 12.8 Å². The van der Waals surface area contributed by atoms with Gasteiger partial charge in [0.25, 0.3) is 0 Å². The van der Waals surface area contributed by atoms with Gasteiger partial charge in [-0.1, -0.05) is 6.92 Å². The number of aromatic carboxylic acids is 1. The predicted molar refractivity (Wildman–Crippen MR) is 72.4 cm³/mol. The maximum atomic E-state index is 13.0. The number of hydrogen-bond donors (Lipinski definition) is 2. The second kappa shape index (κ2) is 5.79. The summed E-state index contributed by atoms with van der Waals surface area (Å²) in [7, 11) is 0. The maximum absolute atomic E-state index is 13.0. The molecule has 0 bridgehead atoms. The summed E-state index contributed by atoms with van der Waals surface area (Å²) in [5.74, 6) is -1.55. The quantitative estimate of drug-likeness (QED) is 0.883. The molecule has 1 aromatic heterocycles. The lowest BCUT2D eigenvalue weighted by molar-refractivity contribution is 0.0697. The Bertz CT molecular complexity index is 572. The van der Waals surface area contributed by atoms with E-state index in [1.165, 1.54) is 12.1 Å². The van der Waals surface area contributed by atoms with E-state index in [0.717, 1.165) is 11.1 Å². The second-order valence-electron chi connectivity index (χ2n) is 4.15. The van der Waals surface area contributed by atoms with E-state index >= 15 is 0 Å². The number of carbonyl (C=O) groups is 1. The Morgan fingerprint density at radius 2 is 2.37 bits per heavy atom. The summed E-state index contributed by atoms with van der Waals surface area (Å²) in [6.45, 7) is 2.54. The zero-order valence-electron chi connectivity index (χ0n) is 10.3. The molecule has 1 atom stereocenters. The van der Waals surface area contributed by atoms with Gasteiger partial charge in [-0.2, -0.15) is 0 Å². The minimum atomic E-state index is -1.15. The molecule has 1 unspecified atom stereocenters. The molecule has 0 fully saturated rings. The molecule has 2 aromatic rings. The summed E-state index contributed by atoms with van der Waals surface area (Å²) >= 11 is 1.55. The van der Waals surface area contributed by atoms with Crippen LogP contribution in [0.4, 0.5) is 10.1 Å². The minimum absolute atomic E-state index is 0.0636. The zero-order valence-corrected chi connectivity index (χ0v) is 11.1.